The second-order valence-corrected chi connectivity index (χ2v) is 4.40. The predicted octanol–water partition coefficient (Wildman–Crippen LogP) is 2.75. The number of nitrogen functional groups attached to an aromatic ring is 1. The van der Waals surface area contributed by atoms with Crippen LogP contribution in [0.3, 0.4) is 0 Å². The van der Waals surface area contributed by atoms with Crippen LogP contribution in [0.25, 0.3) is 16.7 Å². The molecule has 0 aliphatic rings. The summed E-state index contributed by atoms with van der Waals surface area (Å²) in [5.74, 6) is 0.496. The maximum absolute atomic E-state index is 6.03. The van der Waals surface area contributed by atoms with E-state index in [4.69, 9.17) is 10.5 Å². The molecule has 0 aliphatic heterocycles. The summed E-state index contributed by atoms with van der Waals surface area (Å²) in [5, 5.41) is 0. The van der Waals surface area contributed by atoms with E-state index in [9.17, 15) is 0 Å². The van der Waals surface area contributed by atoms with Gasteiger partial charge in [0.25, 0.3) is 0 Å². The second-order valence-electron chi connectivity index (χ2n) is 4.40. The zero-order chi connectivity index (χ0) is 13.2. The number of fused-ring (bicyclic) bond motifs is 1. The molecule has 96 valence electrons. The Balaban J connectivity index is 2.18. The number of hydrogen-bond acceptors (Lipinski definition) is 3. The fraction of sp³-hybridized carbons (Fsp3) is 0.133. The first-order valence-electron chi connectivity index (χ1n) is 6.11. The summed E-state index contributed by atoms with van der Waals surface area (Å²) in [6, 6.07) is 16.0. The number of anilines is 1. The smallest absolute Gasteiger partial charge is 0.205 e. The zero-order valence-corrected chi connectivity index (χ0v) is 10.7. The number of ether oxygens (including phenoxy) is 1. The minimum Gasteiger partial charge on any atom is -0.380 e. The summed E-state index contributed by atoms with van der Waals surface area (Å²) in [7, 11) is 1.69. The molecule has 0 unspecified atom stereocenters. The Morgan fingerprint density at radius 3 is 2.84 bits per heavy atom. The van der Waals surface area contributed by atoms with Crippen molar-refractivity contribution >= 4 is 17.0 Å². The fourth-order valence-electron chi connectivity index (χ4n) is 2.27. The van der Waals surface area contributed by atoms with Crippen LogP contribution >= 0.6 is 0 Å². The normalized spacial score (nSPS) is 11.0. The quantitative estimate of drug-likeness (QED) is 0.780. The second kappa shape index (κ2) is 4.74. The SMILES string of the molecule is COCc1cccc(-n2c(N)nc3ccccc32)c1. The van der Waals surface area contributed by atoms with Gasteiger partial charge >= 0.3 is 0 Å². The van der Waals surface area contributed by atoms with Crippen molar-refractivity contribution in [3.05, 3.63) is 54.1 Å². The molecule has 0 amide bonds. The molecule has 0 aliphatic carbocycles. The summed E-state index contributed by atoms with van der Waals surface area (Å²) in [5.41, 5.74) is 10.0. The van der Waals surface area contributed by atoms with Crippen LogP contribution in [0.15, 0.2) is 48.5 Å². The van der Waals surface area contributed by atoms with E-state index < -0.39 is 0 Å². The third-order valence-corrected chi connectivity index (χ3v) is 3.07. The molecule has 0 atom stereocenters. The highest BCUT2D eigenvalue weighted by molar-refractivity contribution is 5.80. The Labute approximate surface area is 111 Å². The third-order valence-electron chi connectivity index (χ3n) is 3.07. The Bertz CT molecular complexity index is 718. The number of rotatable bonds is 3. The Hall–Kier alpha value is -2.33. The number of hydrogen-bond donors (Lipinski definition) is 1. The Morgan fingerprint density at radius 2 is 2.00 bits per heavy atom. The lowest BCUT2D eigenvalue weighted by Crippen LogP contribution is -2.01. The number of nitrogens with zero attached hydrogens (tertiary/aromatic N) is 2. The lowest BCUT2D eigenvalue weighted by Gasteiger charge is -2.08. The van der Waals surface area contributed by atoms with Gasteiger partial charge in [-0.3, -0.25) is 4.57 Å². The molecule has 0 saturated carbocycles. The van der Waals surface area contributed by atoms with E-state index in [1.54, 1.807) is 7.11 Å². The largest absolute Gasteiger partial charge is 0.380 e. The lowest BCUT2D eigenvalue weighted by molar-refractivity contribution is 0.185. The van der Waals surface area contributed by atoms with Gasteiger partial charge < -0.3 is 10.5 Å². The van der Waals surface area contributed by atoms with E-state index in [-0.39, 0.29) is 0 Å². The molecular weight excluding hydrogens is 238 g/mol. The molecule has 2 aromatic carbocycles. The molecule has 0 bridgehead atoms. The van der Waals surface area contributed by atoms with Crippen LogP contribution in [0.2, 0.25) is 0 Å². The van der Waals surface area contributed by atoms with Crippen molar-refractivity contribution in [3.63, 3.8) is 0 Å². The maximum Gasteiger partial charge on any atom is 0.205 e. The molecule has 0 radical (unpaired) electrons. The zero-order valence-electron chi connectivity index (χ0n) is 10.7. The van der Waals surface area contributed by atoms with Crippen molar-refractivity contribution in [1.82, 2.24) is 9.55 Å². The van der Waals surface area contributed by atoms with Crippen molar-refractivity contribution in [2.45, 2.75) is 6.61 Å². The van der Waals surface area contributed by atoms with Gasteiger partial charge in [-0.2, -0.15) is 0 Å². The number of nitrogens with two attached hydrogens (primary N) is 1. The van der Waals surface area contributed by atoms with Crippen molar-refractivity contribution in [1.29, 1.82) is 0 Å². The molecule has 0 saturated heterocycles. The number of benzene rings is 2. The molecule has 4 heteroatoms. The average molecular weight is 253 g/mol. The molecule has 2 N–H and O–H groups in total. The first-order chi connectivity index (χ1) is 9.29. The van der Waals surface area contributed by atoms with E-state index in [1.807, 2.05) is 47.0 Å². The minimum absolute atomic E-state index is 0.496. The van der Waals surface area contributed by atoms with Crippen LogP contribution < -0.4 is 5.73 Å². The summed E-state index contributed by atoms with van der Waals surface area (Å²) in [6.07, 6.45) is 0. The first kappa shape index (κ1) is 11.7. The van der Waals surface area contributed by atoms with Crippen LogP contribution in [0.4, 0.5) is 5.95 Å². The molecule has 19 heavy (non-hydrogen) atoms. The Morgan fingerprint density at radius 1 is 1.16 bits per heavy atom. The van der Waals surface area contributed by atoms with Crippen molar-refractivity contribution in [2.24, 2.45) is 0 Å². The number of imidazole rings is 1. The standard InChI is InChI=1S/C15H15N3O/c1-19-10-11-5-4-6-12(9-11)18-14-8-3-2-7-13(14)17-15(18)16/h2-9H,10H2,1H3,(H2,16,17). The van der Waals surface area contributed by atoms with Gasteiger partial charge in [-0.25, -0.2) is 4.98 Å². The first-order valence-corrected chi connectivity index (χ1v) is 6.11. The van der Waals surface area contributed by atoms with Crippen molar-refractivity contribution in [3.8, 4) is 5.69 Å². The van der Waals surface area contributed by atoms with Gasteiger partial charge in [-0.15, -0.1) is 0 Å². The summed E-state index contributed by atoms with van der Waals surface area (Å²) >= 11 is 0. The molecule has 4 nitrogen and oxygen atoms in total. The maximum atomic E-state index is 6.03. The van der Waals surface area contributed by atoms with E-state index in [0.717, 1.165) is 22.3 Å². The van der Waals surface area contributed by atoms with E-state index in [0.29, 0.717) is 12.6 Å². The van der Waals surface area contributed by atoms with Gasteiger partial charge in [0.1, 0.15) is 0 Å². The minimum atomic E-state index is 0.496. The average Bonchev–Trinajstić information content (AvgIpc) is 2.75. The van der Waals surface area contributed by atoms with Crippen LogP contribution in [0.5, 0.6) is 0 Å². The van der Waals surface area contributed by atoms with Gasteiger partial charge in [0, 0.05) is 12.8 Å². The van der Waals surface area contributed by atoms with Crippen molar-refractivity contribution < 1.29 is 4.74 Å². The molecule has 1 aromatic heterocycles. The van der Waals surface area contributed by atoms with Crippen LogP contribution in [-0.2, 0) is 11.3 Å². The Kier molecular flexibility index (Phi) is 2.93. The molecule has 3 rings (SSSR count). The summed E-state index contributed by atoms with van der Waals surface area (Å²) < 4.78 is 7.11. The van der Waals surface area contributed by atoms with Crippen LogP contribution in [0, 0.1) is 0 Å². The van der Waals surface area contributed by atoms with Gasteiger partial charge in [0.2, 0.25) is 5.95 Å². The van der Waals surface area contributed by atoms with Crippen molar-refractivity contribution in [2.75, 3.05) is 12.8 Å². The van der Waals surface area contributed by atoms with E-state index >= 15 is 0 Å². The summed E-state index contributed by atoms with van der Waals surface area (Å²) in [6.45, 7) is 0.584. The number of methoxy groups -OCH3 is 1. The van der Waals surface area contributed by atoms with Gasteiger partial charge in [0.05, 0.1) is 17.6 Å². The number of aromatic nitrogens is 2. The van der Waals surface area contributed by atoms with Gasteiger partial charge in [0.15, 0.2) is 0 Å². The van der Waals surface area contributed by atoms with E-state index in [2.05, 4.69) is 11.1 Å². The van der Waals surface area contributed by atoms with Crippen LogP contribution in [-0.4, -0.2) is 16.7 Å². The van der Waals surface area contributed by atoms with Gasteiger partial charge in [-0.1, -0.05) is 24.3 Å². The highest BCUT2D eigenvalue weighted by Gasteiger charge is 2.09. The predicted molar refractivity (Wildman–Crippen MR) is 76.2 cm³/mol. The molecule has 3 aromatic rings. The number of para-hydroxylation sites is 2. The summed E-state index contributed by atoms with van der Waals surface area (Å²) in [4.78, 5) is 4.37. The topological polar surface area (TPSA) is 53.1 Å². The van der Waals surface area contributed by atoms with Gasteiger partial charge in [-0.05, 0) is 29.8 Å². The monoisotopic (exact) mass is 253 g/mol. The molecule has 1 heterocycles. The molecule has 0 spiro atoms. The van der Waals surface area contributed by atoms with E-state index in [1.165, 1.54) is 0 Å². The lowest BCUT2D eigenvalue weighted by atomic mass is 10.2. The third kappa shape index (κ3) is 2.06. The fourth-order valence-corrected chi connectivity index (χ4v) is 2.27. The van der Waals surface area contributed by atoms with Crippen LogP contribution in [0.1, 0.15) is 5.56 Å². The molecule has 0 fully saturated rings. The highest BCUT2D eigenvalue weighted by Crippen LogP contribution is 2.23. The highest BCUT2D eigenvalue weighted by atomic mass is 16.5. The molecular formula is C15H15N3O.